The van der Waals surface area contributed by atoms with Crippen LogP contribution < -0.4 is 0 Å². The molecule has 1 saturated heterocycles. The minimum atomic E-state index is -0.160. The first-order valence-corrected chi connectivity index (χ1v) is 19.0. The third kappa shape index (κ3) is 21.2. The maximum Gasteiger partial charge on any atom is 0.309 e. The average molecular weight is 658 g/mol. The van der Waals surface area contributed by atoms with E-state index in [0.717, 1.165) is 109 Å². The summed E-state index contributed by atoms with van der Waals surface area (Å²) >= 11 is 0. The summed E-state index contributed by atoms with van der Waals surface area (Å²) in [6.45, 7) is 9.16. The minimum Gasteiger partial charge on any atom is -0.465 e. The Labute approximate surface area is 286 Å². The van der Waals surface area contributed by atoms with Gasteiger partial charge in [0.05, 0.1) is 19.1 Å². The topological polar surface area (TPSA) is 82.1 Å². The lowest BCUT2D eigenvalue weighted by molar-refractivity contribution is -0.151. The summed E-state index contributed by atoms with van der Waals surface area (Å²) in [5, 5.41) is 0. The molecule has 0 aromatic carbocycles. The van der Waals surface area contributed by atoms with Crippen LogP contribution in [0.25, 0.3) is 0 Å². The zero-order chi connectivity index (χ0) is 34.0. The summed E-state index contributed by atoms with van der Waals surface area (Å²) in [7, 11) is 2.11. The second-order valence-corrected chi connectivity index (χ2v) is 14.1. The van der Waals surface area contributed by atoms with Crippen LogP contribution in [0, 0.1) is 17.8 Å². The van der Waals surface area contributed by atoms with Gasteiger partial charge < -0.3 is 19.1 Å². The fraction of sp³-hybridized carbons (Fsp3) is 0.775. The number of allylic oxidation sites excluding steroid dienone is 3. The van der Waals surface area contributed by atoms with Crippen molar-refractivity contribution in [3.05, 3.63) is 36.5 Å². The lowest BCUT2D eigenvalue weighted by Gasteiger charge is -2.28. The lowest BCUT2D eigenvalue weighted by Crippen LogP contribution is -2.34. The van der Waals surface area contributed by atoms with Crippen molar-refractivity contribution in [2.75, 3.05) is 40.0 Å². The third-order valence-electron chi connectivity index (χ3n) is 9.76. The molecule has 1 atom stereocenters. The van der Waals surface area contributed by atoms with E-state index in [2.05, 4.69) is 18.5 Å². The lowest BCUT2D eigenvalue weighted by atomic mass is 9.90. The summed E-state index contributed by atoms with van der Waals surface area (Å²) in [5.41, 5.74) is 0.782. The number of esters is 3. The van der Waals surface area contributed by atoms with Crippen LogP contribution in [0.3, 0.4) is 0 Å². The molecule has 0 spiro atoms. The van der Waals surface area contributed by atoms with Gasteiger partial charge in [-0.3, -0.25) is 14.4 Å². The van der Waals surface area contributed by atoms with Crippen LogP contribution in [0.4, 0.5) is 0 Å². The number of hydrogen-bond donors (Lipinski definition) is 0. The number of hydrogen-bond acceptors (Lipinski definition) is 7. The van der Waals surface area contributed by atoms with E-state index in [1.807, 2.05) is 31.2 Å². The standard InChI is InChI=1S/C40H67NO6/c1-4-5-13-20-34(2)31-45-38(42)25-18-10-6-8-14-21-36(33-47-40(44)37-27-29-41(3)30-28-37)22-15-9-7-11-19-26-39(43)46-32-35-23-16-12-17-24-35/h4-5,13,20,35-37H,2,6-12,14-19,21-33H2,1,3H3/b5-4-,20-13-. The Balaban J connectivity index is 1.59. The Morgan fingerprint density at radius 2 is 1.32 bits per heavy atom. The molecule has 1 aliphatic heterocycles. The molecule has 7 nitrogen and oxygen atoms in total. The second kappa shape index (κ2) is 26.5. The SMILES string of the molecule is C=C(/C=C\C=C/C)COC(=O)CCCCCCCC(CCCCCCCC(=O)OCC1CCCCC1)COC(=O)C1CCN(C)CC1. The first-order valence-electron chi connectivity index (χ1n) is 19.0. The van der Waals surface area contributed by atoms with E-state index in [9.17, 15) is 14.4 Å². The van der Waals surface area contributed by atoms with Crippen LogP contribution >= 0.6 is 0 Å². The number of unbranched alkanes of at least 4 members (excludes halogenated alkanes) is 8. The molecule has 0 aromatic rings. The summed E-state index contributed by atoms with van der Waals surface area (Å²) in [4.78, 5) is 39.2. The van der Waals surface area contributed by atoms with Crippen molar-refractivity contribution in [2.24, 2.45) is 17.8 Å². The van der Waals surface area contributed by atoms with Crippen molar-refractivity contribution in [1.29, 1.82) is 0 Å². The van der Waals surface area contributed by atoms with E-state index in [0.29, 0.717) is 37.9 Å². The molecule has 268 valence electrons. The molecule has 1 saturated carbocycles. The van der Waals surface area contributed by atoms with E-state index < -0.39 is 0 Å². The van der Waals surface area contributed by atoms with Gasteiger partial charge in [0, 0.05) is 12.8 Å². The van der Waals surface area contributed by atoms with Crippen LogP contribution in [0.2, 0.25) is 0 Å². The Kier molecular flexibility index (Phi) is 23.0. The molecular weight excluding hydrogens is 590 g/mol. The molecule has 1 heterocycles. The summed E-state index contributed by atoms with van der Waals surface area (Å²) in [6.07, 6.45) is 29.4. The van der Waals surface area contributed by atoms with Gasteiger partial charge in [-0.1, -0.05) is 102 Å². The van der Waals surface area contributed by atoms with Gasteiger partial charge in [0.2, 0.25) is 0 Å². The number of carbonyl (C=O) groups excluding carboxylic acids is 3. The highest BCUT2D eigenvalue weighted by molar-refractivity contribution is 5.72. The number of nitrogens with zero attached hydrogens (tertiary/aromatic N) is 1. The van der Waals surface area contributed by atoms with Crippen molar-refractivity contribution in [2.45, 2.75) is 142 Å². The van der Waals surface area contributed by atoms with Crippen LogP contribution in [-0.2, 0) is 28.6 Å². The van der Waals surface area contributed by atoms with Gasteiger partial charge in [0.25, 0.3) is 0 Å². The molecule has 0 aromatic heterocycles. The van der Waals surface area contributed by atoms with Gasteiger partial charge >= 0.3 is 17.9 Å². The molecule has 0 amide bonds. The quantitative estimate of drug-likeness (QED) is 0.0419. The Morgan fingerprint density at radius 1 is 0.745 bits per heavy atom. The number of rotatable bonds is 25. The molecule has 0 bridgehead atoms. The first kappa shape index (κ1) is 40.8. The van der Waals surface area contributed by atoms with Crippen LogP contribution in [0.5, 0.6) is 0 Å². The highest BCUT2D eigenvalue weighted by Crippen LogP contribution is 2.25. The average Bonchev–Trinajstić information content (AvgIpc) is 3.08. The zero-order valence-electron chi connectivity index (χ0n) is 30.0. The van der Waals surface area contributed by atoms with Gasteiger partial charge in [-0.05, 0) is 95.8 Å². The molecule has 0 radical (unpaired) electrons. The molecule has 2 rings (SSSR count). The normalized spacial score (nSPS) is 17.2. The maximum absolute atomic E-state index is 12.8. The van der Waals surface area contributed by atoms with E-state index >= 15 is 0 Å². The first-order chi connectivity index (χ1) is 22.9. The Morgan fingerprint density at radius 3 is 1.94 bits per heavy atom. The summed E-state index contributed by atoms with van der Waals surface area (Å²) in [6, 6.07) is 0. The summed E-state index contributed by atoms with van der Waals surface area (Å²) in [5.74, 6) is 0.810. The number of carbonyl (C=O) groups is 3. The highest BCUT2D eigenvalue weighted by atomic mass is 16.5. The van der Waals surface area contributed by atoms with Crippen molar-refractivity contribution in [1.82, 2.24) is 4.90 Å². The molecule has 1 aliphatic carbocycles. The third-order valence-corrected chi connectivity index (χ3v) is 9.76. The molecule has 7 heteroatoms. The second-order valence-electron chi connectivity index (χ2n) is 14.1. The van der Waals surface area contributed by atoms with Gasteiger partial charge in [0.15, 0.2) is 0 Å². The highest BCUT2D eigenvalue weighted by Gasteiger charge is 2.25. The van der Waals surface area contributed by atoms with Crippen molar-refractivity contribution < 1.29 is 28.6 Å². The van der Waals surface area contributed by atoms with Gasteiger partial charge in [-0.2, -0.15) is 0 Å². The number of ether oxygens (including phenoxy) is 3. The molecule has 2 aliphatic rings. The van der Waals surface area contributed by atoms with Gasteiger partial charge in [0.1, 0.15) is 6.61 Å². The van der Waals surface area contributed by atoms with Crippen LogP contribution in [0.15, 0.2) is 36.5 Å². The molecule has 1 unspecified atom stereocenters. The van der Waals surface area contributed by atoms with Crippen molar-refractivity contribution >= 4 is 17.9 Å². The van der Waals surface area contributed by atoms with E-state index in [-0.39, 0.29) is 30.4 Å². The van der Waals surface area contributed by atoms with Crippen LogP contribution in [0.1, 0.15) is 142 Å². The smallest absolute Gasteiger partial charge is 0.309 e. The van der Waals surface area contributed by atoms with E-state index in [1.54, 1.807) is 0 Å². The van der Waals surface area contributed by atoms with Crippen LogP contribution in [-0.4, -0.2) is 62.8 Å². The summed E-state index contributed by atoms with van der Waals surface area (Å²) < 4.78 is 16.7. The molecule has 47 heavy (non-hydrogen) atoms. The van der Waals surface area contributed by atoms with Gasteiger partial charge in [-0.15, -0.1) is 0 Å². The largest absolute Gasteiger partial charge is 0.465 e. The number of piperidine rings is 1. The Hall–Kier alpha value is -2.41. The molecule has 2 fully saturated rings. The van der Waals surface area contributed by atoms with Gasteiger partial charge in [-0.25, -0.2) is 0 Å². The van der Waals surface area contributed by atoms with E-state index in [1.165, 1.54) is 32.1 Å². The fourth-order valence-electron chi connectivity index (χ4n) is 6.57. The Bertz CT molecular complexity index is 929. The monoisotopic (exact) mass is 657 g/mol. The molecular formula is C40H67NO6. The minimum absolute atomic E-state index is 0.0113. The zero-order valence-corrected chi connectivity index (χ0v) is 30.0. The molecule has 0 N–H and O–H groups in total. The fourth-order valence-corrected chi connectivity index (χ4v) is 6.57. The van der Waals surface area contributed by atoms with Crippen molar-refractivity contribution in [3.8, 4) is 0 Å². The number of likely N-dealkylation sites (tertiary alicyclic amines) is 1. The predicted octanol–water partition coefficient (Wildman–Crippen LogP) is 9.30. The predicted molar refractivity (Wildman–Crippen MR) is 191 cm³/mol. The van der Waals surface area contributed by atoms with E-state index in [4.69, 9.17) is 14.2 Å². The maximum atomic E-state index is 12.8. The van der Waals surface area contributed by atoms with Crippen molar-refractivity contribution in [3.63, 3.8) is 0 Å².